The maximum atomic E-state index is 14.9. The topological polar surface area (TPSA) is 990 Å². The Bertz CT molecular complexity index is 5440. The average Bonchev–Trinajstić information content (AvgIpc) is 0.811. The number of carbonyl (C=O) groups is 15. The number of amides is 12. The number of carboxylic acid groups (broad SMARTS) is 3. The number of carbonyl (C=O) groups excluding carboxylic acids is 12. The zero-order valence-electron chi connectivity index (χ0n) is 77.4. The van der Waals surface area contributed by atoms with Crippen LogP contribution in [0, 0.1) is 5.41 Å². The molecule has 792 valence electrons. The molecule has 18 atom stereocenters. The van der Waals surface area contributed by atoms with E-state index in [0.717, 1.165) is 0 Å². The maximum Gasteiger partial charge on any atom is 0.326 e. The van der Waals surface area contributed by atoms with Crippen molar-refractivity contribution in [3.05, 3.63) is 99.3 Å². The molecule has 6 rings (SSSR count). The number of H-pyrrole nitrogens is 2. The van der Waals surface area contributed by atoms with Gasteiger partial charge in [0.05, 0.1) is 75.0 Å². The van der Waals surface area contributed by atoms with Gasteiger partial charge in [0.25, 0.3) is 17.4 Å². The molecule has 0 aliphatic rings. The van der Waals surface area contributed by atoms with E-state index in [2.05, 4.69) is 114 Å². The van der Waals surface area contributed by atoms with Crippen molar-refractivity contribution in [2.75, 3.05) is 81.2 Å². The lowest BCUT2D eigenvalue weighted by molar-refractivity contribution is -0.140. The van der Waals surface area contributed by atoms with E-state index in [0.29, 0.717) is 22.8 Å². The third kappa shape index (κ3) is 40.1. The average molecular weight is 2040 g/mol. The predicted octanol–water partition coefficient (Wildman–Crippen LogP) is -13.0. The SMILES string of the molecule is N=c1[nH]c(N)nc2ncc(CNc3ccc(C(=O)N[C@@H](CCC(=O)NCCCCCNC(=O)[C@H](CCC(=O)NC[C@H](O)[C@@H](O)[C@H](O)[C@H](O)CO)NC(=O)[C@H](CCC(=O)O)NC(=O)[C@H](CCC(=O)NC[C@H](O)[C@@H](O)[C@H](O)[C@H](O)CO)NC(=O)[C@H](CCC(=O)O)NC(=O)[C@H](CCC(=O)NC[C@H](O)[C@@H](O)[C@H](O)[C@H](O)CO)NC(=O)CCCNC(=O)c4ccc(NCc5cnc6nc(N)[nH]c(=O)c6n5)cc4)C(=O)O)cc3)nc12. The minimum absolute atomic E-state index is 0.000803. The first-order valence-electron chi connectivity index (χ1n) is 45.2. The minimum atomic E-state index is -2.23. The Morgan fingerprint density at radius 1 is 0.347 bits per heavy atom. The van der Waals surface area contributed by atoms with Crippen molar-refractivity contribution < 1.29 is 164 Å². The summed E-state index contributed by atoms with van der Waals surface area (Å²) >= 11 is 0. The van der Waals surface area contributed by atoms with Crippen LogP contribution in [-0.4, -0.2) is 389 Å². The molecule has 0 aliphatic carbocycles. The van der Waals surface area contributed by atoms with Gasteiger partial charge < -0.3 is 183 Å². The van der Waals surface area contributed by atoms with E-state index >= 15 is 0 Å². The number of aromatic nitrogens is 8. The van der Waals surface area contributed by atoms with Gasteiger partial charge in [0, 0.05) is 107 Å². The van der Waals surface area contributed by atoms with Crippen LogP contribution in [0.1, 0.15) is 141 Å². The number of aliphatic hydroxyl groups is 15. The molecule has 144 heavy (non-hydrogen) atoms. The van der Waals surface area contributed by atoms with Crippen LogP contribution in [0.3, 0.4) is 0 Å². The third-order valence-corrected chi connectivity index (χ3v) is 21.8. The molecular formula is C85H123N25O34. The lowest BCUT2D eigenvalue weighted by Crippen LogP contribution is -2.59. The molecule has 0 saturated heterocycles. The summed E-state index contributed by atoms with van der Waals surface area (Å²) in [5.41, 5.74) is 12.8. The normalized spacial score (nSPS) is 15.1. The number of nitrogens with zero attached hydrogens (tertiary/aromatic N) is 6. The van der Waals surface area contributed by atoms with Crippen molar-refractivity contribution in [2.45, 2.75) is 232 Å². The maximum absolute atomic E-state index is 14.9. The van der Waals surface area contributed by atoms with Gasteiger partial charge in [-0.1, -0.05) is 0 Å². The third-order valence-electron chi connectivity index (χ3n) is 21.8. The molecule has 0 unspecified atom stereocenters. The minimum Gasteiger partial charge on any atom is -0.481 e. The van der Waals surface area contributed by atoms with Gasteiger partial charge in [0.1, 0.15) is 91.2 Å². The summed E-state index contributed by atoms with van der Waals surface area (Å²) in [6, 6.07) is 0.132. The number of hydrogen-bond acceptors (Lipinski definition) is 42. The number of hydrogen-bond donors (Lipinski definition) is 37. The van der Waals surface area contributed by atoms with E-state index in [9.17, 15) is 169 Å². The monoisotopic (exact) mass is 2040 g/mol. The van der Waals surface area contributed by atoms with Gasteiger partial charge in [-0.15, -0.1) is 0 Å². The molecule has 0 fully saturated rings. The van der Waals surface area contributed by atoms with E-state index < -0.39 is 314 Å². The number of aliphatic hydroxyl groups excluding tert-OH is 15. The first kappa shape index (κ1) is 118. The van der Waals surface area contributed by atoms with Crippen molar-refractivity contribution >= 4 is 134 Å². The van der Waals surface area contributed by atoms with Crippen molar-refractivity contribution in [1.82, 2.24) is 104 Å². The molecule has 0 saturated carbocycles. The van der Waals surface area contributed by atoms with Crippen LogP contribution in [-0.2, 0) is 75.4 Å². The highest BCUT2D eigenvalue weighted by atomic mass is 16.4. The number of anilines is 4. The van der Waals surface area contributed by atoms with Crippen LogP contribution in [0.25, 0.3) is 22.3 Å². The second kappa shape index (κ2) is 60.1. The number of benzene rings is 2. The fourth-order valence-electron chi connectivity index (χ4n) is 13.4. The second-order valence-electron chi connectivity index (χ2n) is 33.0. The van der Waals surface area contributed by atoms with Crippen LogP contribution in [0.4, 0.5) is 23.3 Å². The number of carboxylic acids is 3. The molecule has 4 heterocycles. The summed E-state index contributed by atoms with van der Waals surface area (Å²) in [5, 5.41) is 223. The zero-order valence-corrected chi connectivity index (χ0v) is 77.4. The summed E-state index contributed by atoms with van der Waals surface area (Å²) in [6.45, 7) is -6.05. The number of aliphatic carboxylic acids is 3. The summed E-state index contributed by atoms with van der Waals surface area (Å²) < 4.78 is 0. The lowest BCUT2D eigenvalue weighted by Gasteiger charge is -2.27. The van der Waals surface area contributed by atoms with E-state index in [1.54, 1.807) is 24.3 Å². The smallest absolute Gasteiger partial charge is 0.326 e. The zero-order chi connectivity index (χ0) is 107. The molecular weight excluding hydrogens is 1920 g/mol. The second-order valence-corrected chi connectivity index (χ2v) is 33.0. The Hall–Kier alpha value is -14.5. The van der Waals surface area contributed by atoms with Gasteiger partial charge in [-0.2, -0.15) is 9.97 Å². The fraction of sp³-hybridized carbons (Fsp3) is 0.541. The highest BCUT2D eigenvalue weighted by Gasteiger charge is 2.38. The van der Waals surface area contributed by atoms with Crippen LogP contribution < -0.4 is 96.9 Å². The number of nitrogen functional groups attached to an aromatic ring is 2. The summed E-state index contributed by atoms with van der Waals surface area (Å²) in [4.78, 5) is 245. The summed E-state index contributed by atoms with van der Waals surface area (Å²) in [6.07, 6.45) is -31.6. The number of fused-ring (bicyclic) bond motifs is 2. The lowest BCUT2D eigenvalue weighted by atomic mass is 10.0. The highest BCUT2D eigenvalue weighted by Crippen LogP contribution is 2.19. The number of aromatic amines is 2. The largest absolute Gasteiger partial charge is 0.481 e. The molecule has 0 aliphatic heterocycles. The molecule has 4 aromatic heterocycles. The van der Waals surface area contributed by atoms with Gasteiger partial charge in [-0.3, -0.25) is 82.3 Å². The first-order chi connectivity index (χ1) is 68.3. The summed E-state index contributed by atoms with van der Waals surface area (Å²) in [5.74, 6) is -17.9. The van der Waals surface area contributed by atoms with Crippen LogP contribution >= 0.6 is 0 Å². The molecule has 59 heteroatoms. The number of nitrogens with one attached hydrogen (secondary N) is 17. The Morgan fingerprint density at radius 2 is 0.688 bits per heavy atom. The predicted molar refractivity (Wildman–Crippen MR) is 495 cm³/mol. The molecule has 6 aromatic rings. The molecule has 0 radical (unpaired) electrons. The fourth-order valence-corrected chi connectivity index (χ4v) is 13.4. The van der Waals surface area contributed by atoms with Gasteiger partial charge in [-0.05, 0) is 113 Å². The quantitative estimate of drug-likeness (QED) is 0.0158. The van der Waals surface area contributed by atoms with Gasteiger partial charge >= 0.3 is 17.9 Å². The number of nitrogens with two attached hydrogens (primary N) is 2. The number of unbranched alkanes of at least 4 members (excludes halogenated alkanes) is 2. The Labute approximate surface area is 816 Å². The van der Waals surface area contributed by atoms with Crippen molar-refractivity contribution in [2.24, 2.45) is 0 Å². The Balaban J connectivity index is 1.17. The molecule has 39 N–H and O–H groups in total. The van der Waals surface area contributed by atoms with Crippen LogP contribution in [0.5, 0.6) is 0 Å². The molecule has 0 spiro atoms. The van der Waals surface area contributed by atoms with Gasteiger partial charge in [0.15, 0.2) is 27.8 Å². The molecule has 2 aromatic carbocycles. The van der Waals surface area contributed by atoms with E-state index in [4.69, 9.17) is 16.9 Å². The van der Waals surface area contributed by atoms with Crippen molar-refractivity contribution in [3.8, 4) is 0 Å². The Kier molecular flexibility index (Phi) is 49.3. The Morgan fingerprint density at radius 3 is 1.09 bits per heavy atom. The van der Waals surface area contributed by atoms with Gasteiger partial charge in [0.2, 0.25) is 71.0 Å². The van der Waals surface area contributed by atoms with E-state index in [1.165, 1.54) is 36.7 Å². The molecule has 12 amide bonds. The molecule has 59 nitrogen and oxygen atoms in total. The summed E-state index contributed by atoms with van der Waals surface area (Å²) in [7, 11) is 0. The number of rotatable bonds is 66. The van der Waals surface area contributed by atoms with Crippen LogP contribution in [0.2, 0.25) is 0 Å². The van der Waals surface area contributed by atoms with E-state index in [1.807, 2.05) is 0 Å². The van der Waals surface area contributed by atoms with Crippen LogP contribution in [0.15, 0.2) is 65.7 Å². The van der Waals surface area contributed by atoms with Crippen molar-refractivity contribution in [3.63, 3.8) is 0 Å². The van der Waals surface area contributed by atoms with Gasteiger partial charge in [-0.25, -0.2) is 24.7 Å². The van der Waals surface area contributed by atoms with E-state index in [-0.39, 0.29) is 122 Å². The van der Waals surface area contributed by atoms with Crippen molar-refractivity contribution in [1.29, 1.82) is 5.41 Å². The standard InChI is InChI=1S/C85H123N25O34/c86-72-64-73(108-84(87)107-72)97-31-43(99-64)29-92-42-12-8-40(9-13-42)76(136)106-50(83(143)144)17-23-57(120)89-26-2-1-3-27-91-77(137)45(14-20-58(121)94-33-51(114)66(129)69(132)54(117)36-111)102-80(140)48(18-24-62(125)126)105-79(139)47(16-22-60(123)96-35-53(116)68(131)71(134)56(119)38-113)103-81(141)49(19-25-63(127)128)104-78(138)46(15-21-59(122)95-34-52(115)67(130)70(133)55(118)37-112)101-61(124)5-4-28-90-75(135)39-6-10-41(11-7-39)93-30-44-32-98-74-65(100-44)82(142)110-85(88)109-74/h6-13,31-32,45-56,66-71,92-93,111-119,129-134H,1-5,14-30,33-38H2,(H,89,120)(H,90,135)(H,91,137)(H,94,121)(H,95,122)(H,96,123)(H,101,124)(H,102,140)(H,103,141)(H,104,138)(H,105,139)(H,106,136)(H,125,126)(H,127,128)(H,143,144)(H4,86,87,97,107,108)(H3,88,98,109,110,142)/t45-,46-,47-,48-,49-,50-,51-,52-,53-,54+,55+,56+,66+,67+,68+,69+,70+,71+/m0/s1. The first-order valence-corrected chi connectivity index (χ1v) is 45.2. The molecule has 0 bridgehead atoms. The highest BCUT2D eigenvalue weighted by molar-refractivity contribution is 5.99.